The molecule has 0 saturated heterocycles. The third-order valence-electron chi connectivity index (χ3n) is 4.45. The molecule has 0 aliphatic rings. The van der Waals surface area contributed by atoms with E-state index in [2.05, 4.69) is 27.4 Å². The van der Waals surface area contributed by atoms with Crippen LogP contribution >= 0.6 is 12.2 Å². The number of aromatic amines is 1. The van der Waals surface area contributed by atoms with Crippen molar-refractivity contribution in [1.82, 2.24) is 14.9 Å². The van der Waals surface area contributed by atoms with E-state index in [1.807, 2.05) is 37.3 Å². The van der Waals surface area contributed by atoms with Crippen molar-refractivity contribution < 1.29 is 14.2 Å². The number of aromatic nitrogens is 3. The van der Waals surface area contributed by atoms with Gasteiger partial charge in [-0.1, -0.05) is 37.3 Å². The molecule has 0 radical (unpaired) electrons. The summed E-state index contributed by atoms with van der Waals surface area (Å²) in [6, 6.07) is 13.9. The Hall–Kier alpha value is -3.13. The van der Waals surface area contributed by atoms with Crippen LogP contribution in [0.2, 0.25) is 0 Å². The van der Waals surface area contributed by atoms with Gasteiger partial charge in [0.1, 0.15) is 0 Å². The number of hydrogen-bond donors (Lipinski definition) is 1. The van der Waals surface area contributed by atoms with E-state index in [0.29, 0.717) is 35.0 Å². The van der Waals surface area contributed by atoms with Crippen molar-refractivity contribution in [3.05, 3.63) is 64.2 Å². The van der Waals surface area contributed by atoms with E-state index >= 15 is 0 Å². The van der Waals surface area contributed by atoms with Gasteiger partial charge < -0.3 is 14.2 Å². The van der Waals surface area contributed by atoms with E-state index in [-0.39, 0.29) is 0 Å². The third-order valence-corrected chi connectivity index (χ3v) is 4.72. The molecule has 0 spiro atoms. The SMILES string of the molecule is CCCOc1c(OC)cc(/C=N\n2c(CCc3ccccc3)n[nH]c2=S)cc1OC. The van der Waals surface area contributed by atoms with Crippen molar-refractivity contribution in [1.29, 1.82) is 0 Å². The van der Waals surface area contributed by atoms with E-state index in [1.54, 1.807) is 25.1 Å². The normalized spacial score (nSPS) is 11.0. The van der Waals surface area contributed by atoms with Gasteiger partial charge in [-0.05, 0) is 42.8 Å². The first-order valence-electron chi connectivity index (χ1n) is 9.79. The van der Waals surface area contributed by atoms with Gasteiger partial charge in [0.25, 0.3) is 0 Å². The van der Waals surface area contributed by atoms with E-state index in [4.69, 9.17) is 26.4 Å². The zero-order valence-electron chi connectivity index (χ0n) is 17.4. The summed E-state index contributed by atoms with van der Waals surface area (Å²) in [4.78, 5) is 0. The first-order valence-corrected chi connectivity index (χ1v) is 10.2. The maximum atomic E-state index is 5.79. The summed E-state index contributed by atoms with van der Waals surface area (Å²) in [5.74, 6) is 2.53. The average Bonchev–Trinajstić information content (AvgIpc) is 3.14. The number of rotatable bonds is 10. The van der Waals surface area contributed by atoms with Gasteiger partial charge in [-0.2, -0.15) is 14.9 Å². The second-order valence-electron chi connectivity index (χ2n) is 6.59. The van der Waals surface area contributed by atoms with Crippen molar-refractivity contribution >= 4 is 18.4 Å². The fourth-order valence-electron chi connectivity index (χ4n) is 2.95. The molecule has 1 N–H and O–H groups in total. The van der Waals surface area contributed by atoms with Crippen molar-refractivity contribution in [3.8, 4) is 17.2 Å². The maximum absolute atomic E-state index is 5.79. The molecule has 30 heavy (non-hydrogen) atoms. The lowest BCUT2D eigenvalue weighted by Gasteiger charge is -2.14. The van der Waals surface area contributed by atoms with Crippen molar-refractivity contribution in [3.63, 3.8) is 0 Å². The van der Waals surface area contributed by atoms with Crippen LogP contribution in [0.5, 0.6) is 17.2 Å². The molecule has 3 aromatic rings. The highest BCUT2D eigenvalue weighted by Gasteiger charge is 2.14. The molecule has 0 fully saturated rings. The molecule has 0 amide bonds. The van der Waals surface area contributed by atoms with Gasteiger partial charge in [0.2, 0.25) is 10.5 Å². The Morgan fingerprint density at radius 1 is 1.10 bits per heavy atom. The van der Waals surface area contributed by atoms with Gasteiger partial charge in [-0.15, -0.1) is 0 Å². The fourth-order valence-corrected chi connectivity index (χ4v) is 3.15. The number of H-pyrrole nitrogens is 1. The minimum atomic E-state index is 0.441. The highest BCUT2D eigenvalue weighted by atomic mass is 32.1. The van der Waals surface area contributed by atoms with E-state index in [0.717, 1.165) is 24.2 Å². The van der Waals surface area contributed by atoms with Gasteiger partial charge in [-0.25, -0.2) is 0 Å². The molecule has 1 aromatic heterocycles. The summed E-state index contributed by atoms with van der Waals surface area (Å²) in [5.41, 5.74) is 2.03. The van der Waals surface area contributed by atoms with Crippen LogP contribution in [0.25, 0.3) is 0 Å². The Kier molecular flexibility index (Phi) is 7.62. The minimum absolute atomic E-state index is 0.441. The summed E-state index contributed by atoms with van der Waals surface area (Å²) >= 11 is 5.35. The van der Waals surface area contributed by atoms with Crippen LogP contribution in [0, 0.1) is 4.77 Å². The van der Waals surface area contributed by atoms with Crippen LogP contribution < -0.4 is 14.2 Å². The number of hydrogen-bond acceptors (Lipinski definition) is 6. The van der Waals surface area contributed by atoms with Gasteiger partial charge in [-0.3, -0.25) is 5.10 Å². The minimum Gasteiger partial charge on any atom is -0.493 e. The molecular weight excluding hydrogens is 400 g/mol. The zero-order valence-corrected chi connectivity index (χ0v) is 18.2. The summed E-state index contributed by atoms with van der Waals surface area (Å²) in [5, 5.41) is 11.7. The molecule has 158 valence electrons. The molecule has 0 atom stereocenters. The Labute approximate surface area is 181 Å². The number of nitrogens with zero attached hydrogens (tertiary/aromatic N) is 3. The zero-order chi connectivity index (χ0) is 21.3. The van der Waals surface area contributed by atoms with Crippen LogP contribution in [0.15, 0.2) is 47.6 Å². The second kappa shape index (κ2) is 10.6. The fraction of sp³-hybridized carbons (Fsp3) is 0.318. The Morgan fingerprint density at radius 3 is 2.43 bits per heavy atom. The van der Waals surface area contributed by atoms with Gasteiger partial charge in [0.05, 0.1) is 27.0 Å². The molecule has 0 bridgehead atoms. The lowest BCUT2D eigenvalue weighted by Crippen LogP contribution is -2.03. The molecule has 8 heteroatoms. The second-order valence-corrected chi connectivity index (χ2v) is 6.98. The van der Waals surface area contributed by atoms with Crippen molar-refractivity contribution in [2.45, 2.75) is 26.2 Å². The molecule has 2 aromatic carbocycles. The Bertz CT molecular complexity index is 1020. The monoisotopic (exact) mass is 426 g/mol. The highest BCUT2D eigenvalue weighted by Crippen LogP contribution is 2.38. The number of ether oxygens (including phenoxy) is 3. The van der Waals surface area contributed by atoms with E-state index in [1.165, 1.54) is 5.56 Å². The Balaban J connectivity index is 1.83. The number of methoxy groups -OCH3 is 2. The van der Waals surface area contributed by atoms with Gasteiger partial charge in [0.15, 0.2) is 17.3 Å². The predicted molar refractivity (Wildman–Crippen MR) is 120 cm³/mol. The number of benzene rings is 2. The Morgan fingerprint density at radius 2 is 1.80 bits per heavy atom. The predicted octanol–water partition coefficient (Wildman–Crippen LogP) is 4.41. The van der Waals surface area contributed by atoms with E-state index < -0.39 is 0 Å². The molecule has 1 heterocycles. The van der Waals surface area contributed by atoms with Crippen LogP contribution in [0.1, 0.15) is 30.3 Å². The highest BCUT2D eigenvalue weighted by molar-refractivity contribution is 7.71. The van der Waals surface area contributed by atoms with Crippen molar-refractivity contribution in [2.75, 3.05) is 20.8 Å². The largest absolute Gasteiger partial charge is 0.493 e. The van der Waals surface area contributed by atoms with Gasteiger partial charge >= 0.3 is 0 Å². The molecule has 0 aliphatic carbocycles. The smallest absolute Gasteiger partial charge is 0.216 e. The van der Waals surface area contributed by atoms with Crippen LogP contribution in [0.3, 0.4) is 0 Å². The average molecular weight is 427 g/mol. The first-order chi connectivity index (χ1) is 14.7. The quantitative estimate of drug-likeness (QED) is 0.384. The molecule has 7 nitrogen and oxygen atoms in total. The molecule has 0 aliphatic heterocycles. The van der Waals surface area contributed by atoms with Crippen molar-refractivity contribution in [2.24, 2.45) is 5.10 Å². The molecular formula is C22H26N4O3S. The molecule has 0 saturated carbocycles. The lowest BCUT2D eigenvalue weighted by atomic mass is 10.1. The maximum Gasteiger partial charge on any atom is 0.216 e. The van der Waals surface area contributed by atoms with Crippen LogP contribution in [0.4, 0.5) is 0 Å². The first kappa shape index (κ1) is 21.6. The summed E-state index contributed by atoms with van der Waals surface area (Å²) in [7, 11) is 3.20. The standard InChI is InChI=1S/C22H26N4O3S/c1-4-12-29-21-18(27-2)13-17(14-19(21)28-3)15-23-26-20(24-25-22(26)30)11-10-16-8-6-5-7-9-16/h5-9,13-15H,4,10-12H2,1-3H3,(H,25,30)/b23-15-. The van der Waals surface area contributed by atoms with E-state index in [9.17, 15) is 0 Å². The molecule has 0 unspecified atom stereocenters. The molecule has 3 rings (SSSR count). The topological polar surface area (TPSA) is 73.7 Å². The summed E-state index contributed by atoms with van der Waals surface area (Å²) in [6.45, 7) is 2.62. The van der Waals surface area contributed by atoms with Gasteiger partial charge in [0, 0.05) is 12.0 Å². The van der Waals surface area contributed by atoms with Crippen LogP contribution in [-0.2, 0) is 12.8 Å². The third kappa shape index (κ3) is 5.27. The number of nitrogens with one attached hydrogen (secondary N) is 1. The van der Waals surface area contributed by atoms with Crippen LogP contribution in [-0.4, -0.2) is 41.9 Å². The number of aryl methyl sites for hydroxylation is 2. The summed E-state index contributed by atoms with van der Waals surface area (Å²) < 4.78 is 18.8. The lowest BCUT2D eigenvalue weighted by molar-refractivity contribution is 0.275. The summed E-state index contributed by atoms with van der Waals surface area (Å²) in [6.07, 6.45) is 4.15.